The van der Waals surface area contributed by atoms with Gasteiger partial charge in [-0.15, -0.1) is 0 Å². The van der Waals surface area contributed by atoms with Crippen LogP contribution in [0.5, 0.6) is 11.5 Å². The van der Waals surface area contributed by atoms with E-state index in [1.165, 1.54) is 25.3 Å². The fourth-order valence-electron chi connectivity index (χ4n) is 2.07. The first-order chi connectivity index (χ1) is 12.4. The van der Waals surface area contributed by atoms with Gasteiger partial charge in [-0.25, -0.2) is 5.84 Å². The fraction of sp³-hybridized carbons (Fsp3) is 0.118. The van der Waals surface area contributed by atoms with Crippen molar-refractivity contribution in [2.45, 2.75) is 6.61 Å². The number of benzene rings is 2. The maximum Gasteiger partial charge on any atom is 0.269 e. The van der Waals surface area contributed by atoms with E-state index in [1.54, 1.807) is 24.3 Å². The summed E-state index contributed by atoms with van der Waals surface area (Å²) in [5.41, 5.74) is 3.58. The van der Waals surface area contributed by atoms with Crippen LogP contribution in [0.3, 0.4) is 0 Å². The maximum atomic E-state index is 11.2. The van der Waals surface area contributed by atoms with E-state index >= 15 is 0 Å². The summed E-state index contributed by atoms with van der Waals surface area (Å²) in [6, 6.07) is 9.69. The minimum Gasteiger partial charge on any atom is -0.493 e. The second-order valence-electron chi connectivity index (χ2n) is 5.09. The van der Waals surface area contributed by atoms with Gasteiger partial charge in [0.25, 0.3) is 11.6 Å². The highest BCUT2D eigenvalue weighted by atomic mass is 127. The van der Waals surface area contributed by atoms with E-state index in [0.29, 0.717) is 11.5 Å². The third-order valence-electron chi connectivity index (χ3n) is 3.35. The van der Waals surface area contributed by atoms with Crippen LogP contribution in [0.1, 0.15) is 11.1 Å². The van der Waals surface area contributed by atoms with Crippen molar-refractivity contribution < 1.29 is 19.2 Å². The number of nitrogens with zero attached hydrogens (tertiary/aromatic N) is 1. The Morgan fingerprint density at radius 2 is 2.04 bits per heavy atom. The summed E-state index contributed by atoms with van der Waals surface area (Å²) in [7, 11) is 1.52. The van der Waals surface area contributed by atoms with Crippen LogP contribution >= 0.6 is 22.6 Å². The number of nitro benzene ring substituents is 1. The highest BCUT2D eigenvalue weighted by molar-refractivity contribution is 14.1. The maximum absolute atomic E-state index is 11.2. The first kappa shape index (κ1) is 19.7. The van der Waals surface area contributed by atoms with Crippen molar-refractivity contribution in [1.29, 1.82) is 0 Å². The van der Waals surface area contributed by atoms with Crippen LogP contribution in [0.25, 0.3) is 6.08 Å². The highest BCUT2D eigenvalue weighted by Crippen LogP contribution is 2.35. The summed E-state index contributed by atoms with van der Waals surface area (Å²) in [4.78, 5) is 21.4. The topological polar surface area (TPSA) is 117 Å². The predicted octanol–water partition coefficient (Wildman–Crippen LogP) is 2.79. The molecule has 2 aromatic carbocycles. The number of amides is 1. The normalized spacial score (nSPS) is 10.6. The summed E-state index contributed by atoms with van der Waals surface area (Å²) in [5, 5.41) is 10.7. The Bertz CT molecular complexity index is 837. The van der Waals surface area contributed by atoms with E-state index in [9.17, 15) is 14.9 Å². The molecular formula is C17H16IN3O5. The molecular weight excluding hydrogens is 453 g/mol. The molecule has 9 heteroatoms. The Labute approximate surface area is 163 Å². The van der Waals surface area contributed by atoms with Crippen molar-refractivity contribution in [2.24, 2.45) is 5.84 Å². The molecule has 136 valence electrons. The number of methoxy groups -OCH3 is 1. The number of hydrogen-bond donors (Lipinski definition) is 2. The van der Waals surface area contributed by atoms with Gasteiger partial charge in [-0.1, -0.05) is 0 Å². The van der Waals surface area contributed by atoms with Crippen molar-refractivity contribution in [3.63, 3.8) is 0 Å². The SMILES string of the molecule is COc1cc(/C=C/C(=O)NN)cc(I)c1OCc1ccc([N+](=O)[O-])cc1. The van der Waals surface area contributed by atoms with E-state index < -0.39 is 10.8 Å². The molecule has 2 aromatic rings. The molecule has 0 heterocycles. The minimum atomic E-state index is -0.451. The van der Waals surface area contributed by atoms with Crippen molar-refractivity contribution in [3.8, 4) is 11.5 Å². The van der Waals surface area contributed by atoms with E-state index in [0.717, 1.165) is 14.7 Å². The molecule has 0 fully saturated rings. The monoisotopic (exact) mass is 469 g/mol. The Hall–Kier alpha value is -2.66. The number of nitro groups is 1. The molecule has 26 heavy (non-hydrogen) atoms. The Kier molecular flexibility index (Phi) is 6.92. The number of rotatable bonds is 7. The fourth-order valence-corrected chi connectivity index (χ4v) is 2.85. The van der Waals surface area contributed by atoms with Gasteiger partial charge in [0, 0.05) is 18.2 Å². The Balaban J connectivity index is 2.17. The smallest absolute Gasteiger partial charge is 0.269 e. The van der Waals surface area contributed by atoms with E-state index in [1.807, 2.05) is 11.5 Å². The lowest BCUT2D eigenvalue weighted by molar-refractivity contribution is -0.384. The van der Waals surface area contributed by atoms with Gasteiger partial charge in [-0.05, 0) is 64.1 Å². The first-order valence-electron chi connectivity index (χ1n) is 7.37. The molecule has 3 N–H and O–H groups in total. The average Bonchev–Trinajstić information content (AvgIpc) is 2.64. The lowest BCUT2D eigenvalue weighted by atomic mass is 10.2. The third kappa shape index (κ3) is 5.17. The first-order valence-corrected chi connectivity index (χ1v) is 8.44. The summed E-state index contributed by atoms with van der Waals surface area (Å²) >= 11 is 2.10. The van der Waals surface area contributed by atoms with Gasteiger partial charge in [-0.2, -0.15) is 0 Å². The molecule has 0 spiro atoms. The molecule has 0 aromatic heterocycles. The molecule has 0 aliphatic carbocycles. The second-order valence-corrected chi connectivity index (χ2v) is 6.25. The number of hydrazine groups is 1. The van der Waals surface area contributed by atoms with Crippen molar-refractivity contribution >= 4 is 40.3 Å². The number of nitrogens with two attached hydrogens (primary N) is 1. The van der Waals surface area contributed by atoms with Crippen LogP contribution in [0, 0.1) is 13.7 Å². The van der Waals surface area contributed by atoms with Crippen LogP contribution in [0.15, 0.2) is 42.5 Å². The zero-order valence-electron chi connectivity index (χ0n) is 13.8. The quantitative estimate of drug-likeness (QED) is 0.161. The molecule has 0 saturated carbocycles. The molecule has 8 nitrogen and oxygen atoms in total. The van der Waals surface area contributed by atoms with Gasteiger partial charge >= 0.3 is 0 Å². The van der Waals surface area contributed by atoms with E-state index in [2.05, 4.69) is 22.6 Å². The average molecular weight is 469 g/mol. The minimum absolute atomic E-state index is 0.0265. The summed E-state index contributed by atoms with van der Waals surface area (Å²) < 4.78 is 12.0. The van der Waals surface area contributed by atoms with Gasteiger partial charge in [0.15, 0.2) is 11.5 Å². The lowest BCUT2D eigenvalue weighted by Crippen LogP contribution is -2.27. The van der Waals surface area contributed by atoms with Crippen molar-refractivity contribution in [1.82, 2.24) is 5.43 Å². The van der Waals surface area contributed by atoms with E-state index in [-0.39, 0.29) is 12.3 Å². The van der Waals surface area contributed by atoms with Gasteiger partial charge in [0.05, 0.1) is 15.6 Å². The largest absolute Gasteiger partial charge is 0.493 e. The number of non-ortho nitro benzene ring substituents is 1. The number of halogens is 1. The predicted molar refractivity (Wildman–Crippen MR) is 105 cm³/mol. The van der Waals surface area contributed by atoms with E-state index in [4.69, 9.17) is 15.3 Å². The standard InChI is InChI=1S/C17H16IN3O5/c1-25-15-9-12(4-7-16(22)20-19)8-14(18)17(15)26-10-11-2-5-13(6-3-11)21(23)24/h2-9H,10,19H2,1H3,(H,20,22)/b7-4+. The molecule has 0 aliphatic heterocycles. The van der Waals surface area contributed by atoms with Gasteiger partial charge in [0.2, 0.25) is 0 Å². The molecule has 0 aliphatic rings. The molecule has 0 bridgehead atoms. The zero-order valence-corrected chi connectivity index (χ0v) is 15.9. The highest BCUT2D eigenvalue weighted by Gasteiger charge is 2.12. The number of ether oxygens (including phenoxy) is 2. The summed E-state index contributed by atoms with van der Waals surface area (Å²) in [5.74, 6) is 5.67. The van der Waals surface area contributed by atoms with Crippen molar-refractivity contribution in [3.05, 3.63) is 67.3 Å². The van der Waals surface area contributed by atoms with Crippen LogP contribution in [0.2, 0.25) is 0 Å². The Morgan fingerprint density at radius 1 is 1.35 bits per heavy atom. The number of carbonyl (C=O) groups is 1. The molecule has 1 amide bonds. The number of nitrogens with one attached hydrogen (secondary N) is 1. The van der Waals surface area contributed by atoms with Crippen LogP contribution in [-0.4, -0.2) is 17.9 Å². The zero-order chi connectivity index (χ0) is 19.1. The van der Waals surface area contributed by atoms with Crippen LogP contribution in [0.4, 0.5) is 5.69 Å². The molecule has 2 rings (SSSR count). The van der Waals surface area contributed by atoms with Crippen LogP contribution in [-0.2, 0) is 11.4 Å². The molecule has 0 radical (unpaired) electrons. The third-order valence-corrected chi connectivity index (χ3v) is 4.15. The van der Waals surface area contributed by atoms with Gasteiger partial charge in [0.1, 0.15) is 6.61 Å². The van der Waals surface area contributed by atoms with Crippen molar-refractivity contribution in [2.75, 3.05) is 7.11 Å². The van der Waals surface area contributed by atoms with Gasteiger partial charge < -0.3 is 9.47 Å². The lowest BCUT2D eigenvalue weighted by Gasteiger charge is -2.13. The molecule has 0 saturated heterocycles. The molecule has 0 unspecified atom stereocenters. The number of carbonyl (C=O) groups excluding carboxylic acids is 1. The Morgan fingerprint density at radius 3 is 2.62 bits per heavy atom. The second kappa shape index (κ2) is 9.15. The summed E-state index contributed by atoms with van der Waals surface area (Å²) in [6.45, 7) is 0.231. The number of hydrogen-bond acceptors (Lipinski definition) is 6. The van der Waals surface area contributed by atoms with Gasteiger partial charge in [-0.3, -0.25) is 20.3 Å². The molecule has 0 atom stereocenters. The van der Waals surface area contributed by atoms with Crippen LogP contribution < -0.4 is 20.7 Å². The summed E-state index contributed by atoms with van der Waals surface area (Å²) in [6.07, 6.45) is 2.91.